The van der Waals surface area contributed by atoms with Gasteiger partial charge in [-0.25, -0.2) is 0 Å². The van der Waals surface area contributed by atoms with Gasteiger partial charge in [-0.2, -0.15) is 0 Å². The van der Waals surface area contributed by atoms with Crippen molar-refractivity contribution in [2.24, 2.45) is 0 Å². The van der Waals surface area contributed by atoms with E-state index in [0.717, 1.165) is 26.1 Å². The van der Waals surface area contributed by atoms with Gasteiger partial charge < -0.3 is 14.1 Å². The molecule has 1 saturated heterocycles. The average Bonchev–Trinajstić information content (AvgIpc) is 2.61. The van der Waals surface area contributed by atoms with Crippen molar-refractivity contribution in [3.63, 3.8) is 0 Å². The second-order valence-corrected chi connectivity index (χ2v) is 3.86. The Morgan fingerprint density at radius 1 is 1.53 bits per heavy atom. The number of rotatable bonds is 2. The number of nitrogens with zero attached hydrogens (tertiary/aromatic N) is 3. The van der Waals surface area contributed by atoms with E-state index in [2.05, 4.69) is 10.2 Å². The molecule has 1 unspecified atom stereocenters. The molecule has 5 nitrogen and oxygen atoms in total. The number of aromatic nitrogens is 2. The normalized spacial score (nSPS) is 22.8. The molecule has 2 rings (SSSR count). The molecule has 0 aliphatic carbocycles. The van der Waals surface area contributed by atoms with Crippen LogP contribution in [0.1, 0.15) is 19.2 Å². The summed E-state index contributed by atoms with van der Waals surface area (Å²) in [4.78, 5) is 2.04. The van der Waals surface area contributed by atoms with Crippen molar-refractivity contribution >= 4 is 17.6 Å². The van der Waals surface area contributed by atoms with Crippen molar-refractivity contribution < 1.29 is 9.15 Å². The molecule has 6 heteroatoms. The first-order valence-corrected chi connectivity index (χ1v) is 5.58. The van der Waals surface area contributed by atoms with Crippen LogP contribution in [-0.4, -0.2) is 36.0 Å². The highest BCUT2D eigenvalue weighted by Crippen LogP contribution is 2.16. The minimum atomic E-state index is 0.193. The number of hydrogen-bond donors (Lipinski definition) is 0. The monoisotopic (exact) mass is 231 g/mol. The molecule has 2 heterocycles. The zero-order valence-electron chi connectivity index (χ0n) is 8.65. The lowest BCUT2D eigenvalue weighted by atomic mass is 10.4. The van der Waals surface area contributed by atoms with Crippen LogP contribution in [-0.2, 0) is 10.6 Å². The molecule has 1 atom stereocenters. The van der Waals surface area contributed by atoms with Gasteiger partial charge in [-0.15, -0.1) is 16.7 Å². The molecule has 0 aromatic carbocycles. The average molecular weight is 232 g/mol. The van der Waals surface area contributed by atoms with E-state index in [1.165, 1.54) is 0 Å². The largest absolute Gasteiger partial charge is 0.407 e. The van der Waals surface area contributed by atoms with Crippen LogP contribution in [0, 0.1) is 0 Å². The third kappa shape index (κ3) is 2.60. The van der Waals surface area contributed by atoms with E-state index < -0.39 is 0 Å². The molecule has 0 saturated carbocycles. The topological polar surface area (TPSA) is 51.4 Å². The fourth-order valence-electron chi connectivity index (χ4n) is 1.59. The Hall–Kier alpha value is -0.810. The molecule has 1 aliphatic rings. The highest BCUT2D eigenvalue weighted by Gasteiger charge is 2.19. The SMILES string of the molecule is CC1CN(c2nnc(CCl)o2)CCCO1. The van der Waals surface area contributed by atoms with Gasteiger partial charge in [0, 0.05) is 19.7 Å². The van der Waals surface area contributed by atoms with Crippen molar-refractivity contribution in [1.29, 1.82) is 0 Å². The predicted octanol–water partition coefficient (Wildman–Crippen LogP) is 1.42. The molecule has 84 valence electrons. The Bertz CT molecular complexity index is 318. The maximum atomic E-state index is 5.60. The van der Waals surface area contributed by atoms with Gasteiger partial charge in [0.1, 0.15) is 5.88 Å². The van der Waals surface area contributed by atoms with Crippen LogP contribution in [0.5, 0.6) is 0 Å². The second-order valence-electron chi connectivity index (χ2n) is 3.59. The van der Waals surface area contributed by atoms with Gasteiger partial charge in [-0.1, -0.05) is 5.10 Å². The van der Waals surface area contributed by atoms with Gasteiger partial charge in [0.25, 0.3) is 0 Å². The van der Waals surface area contributed by atoms with Crippen LogP contribution in [0.2, 0.25) is 0 Å². The molecular weight excluding hydrogens is 218 g/mol. The third-order valence-corrected chi connectivity index (χ3v) is 2.52. The highest BCUT2D eigenvalue weighted by molar-refractivity contribution is 6.16. The van der Waals surface area contributed by atoms with E-state index >= 15 is 0 Å². The van der Waals surface area contributed by atoms with Crippen molar-refractivity contribution in [2.75, 3.05) is 24.6 Å². The Morgan fingerprint density at radius 3 is 3.13 bits per heavy atom. The molecule has 1 aromatic heterocycles. The summed E-state index contributed by atoms with van der Waals surface area (Å²) in [6.45, 7) is 4.49. The molecule has 15 heavy (non-hydrogen) atoms. The van der Waals surface area contributed by atoms with Crippen LogP contribution in [0.25, 0.3) is 0 Å². The molecule has 0 radical (unpaired) electrons. The number of anilines is 1. The number of hydrogen-bond acceptors (Lipinski definition) is 5. The lowest BCUT2D eigenvalue weighted by Crippen LogP contribution is -2.30. The van der Waals surface area contributed by atoms with E-state index in [9.17, 15) is 0 Å². The maximum absolute atomic E-state index is 5.60. The second kappa shape index (κ2) is 4.81. The molecule has 0 bridgehead atoms. The van der Waals surface area contributed by atoms with Gasteiger partial charge in [0.15, 0.2) is 0 Å². The Balaban J connectivity index is 2.07. The standard InChI is InChI=1S/C9H14ClN3O2/c1-7-6-13(3-2-4-14-7)9-12-11-8(5-10)15-9/h7H,2-6H2,1H3. The fraction of sp³-hybridized carbons (Fsp3) is 0.778. The van der Waals surface area contributed by atoms with E-state index in [1.54, 1.807) is 0 Å². The van der Waals surface area contributed by atoms with Crippen molar-refractivity contribution in [1.82, 2.24) is 10.2 Å². The Morgan fingerprint density at radius 2 is 2.40 bits per heavy atom. The van der Waals surface area contributed by atoms with Crippen molar-refractivity contribution in [3.8, 4) is 0 Å². The summed E-state index contributed by atoms with van der Waals surface area (Å²) < 4.78 is 10.9. The van der Waals surface area contributed by atoms with Gasteiger partial charge in [-0.05, 0) is 13.3 Å². The Kier molecular flexibility index (Phi) is 3.43. The van der Waals surface area contributed by atoms with Crippen LogP contribution >= 0.6 is 11.6 Å². The van der Waals surface area contributed by atoms with E-state index in [1.807, 2.05) is 11.8 Å². The van der Waals surface area contributed by atoms with Crippen molar-refractivity contribution in [2.45, 2.75) is 25.3 Å². The molecule has 1 aromatic rings. The van der Waals surface area contributed by atoms with Crippen LogP contribution in [0.4, 0.5) is 6.01 Å². The summed E-state index contributed by atoms with van der Waals surface area (Å²) in [6.07, 6.45) is 1.17. The van der Waals surface area contributed by atoms with E-state index in [-0.39, 0.29) is 12.0 Å². The Labute approximate surface area is 93.4 Å². The summed E-state index contributed by atoms with van der Waals surface area (Å²) in [7, 11) is 0. The molecule has 0 N–H and O–H groups in total. The fourth-order valence-corrected chi connectivity index (χ4v) is 1.70. The summed E-state index contributed by atoms with van der Waals surface area (Å²) in [6, 6.07) is 0.544. The van der Waals surface area contributed by atoms with Gasteiger partial charge in [0.2, 0.25) is 5.89 Å². The minimum Gasteiger partial charge on any atom is -0.407 e. The molecule has 1 aliphatic heterocycles. The smallest absolute Gasteiger partial charge is 0.318 e. The first kappa shape index (κ1) is 10.7. The quantitative estimate of drug-likeness (QED) is 0.721. The summed E-state index contributed by atoms with van der Waals surface area (Å²) in [5, 5.41) is 7.79. The molecule has 0 amide bonds. The van der Waals surface area contributed by atoms with Gasteiger partial charge in [-0.3, -0.25) is 0 Å². The van der Waals surface area contributed by atoms with Crippen molar-refractivity contribution in [3.05, 3.63) is 5.89 Å². The molecular formula is C9H14ClN3O2. The number of alkyl halides is 1. The van der Waals surface area contributed by atoms with Crippen LogP contribution < -0.4 is 4.90 Å². The first-order chi connectivity index (χ1) is 7.29. The third-order valence-electron chi connectivity index (χ3n) is 2.29. The number of halogens is 1. The zero-order chi connectivity index (χ0) is 10.7. The first-order valence-electron chi connectivity index (χ1n) is 5.04. The molecule has 0 spiro atoms. The lowest BCUT2D eigenvalue weighted by molar-refractivity contribution is 0.0818. The summed E-state index contributed by atoms with van der Waals surface area (Å²) >= 11 is 5.60. The van der Waals surface area contributed by atoms with E-state index in [0.29, 0.717) is 11.9 Å². The maximum Gasteiger partial charge on any atom is 0.318 e. The minimum absolute atomic E-state index is 0.193. The molecule has 1 fully saturated rings. The van der Waals surface area contributed by atoms with Crippen LogP contribution in [0.15, 0.2) is 4.42 Å². The van der Waals surface area contributed by atoms with Crippen LogP contribution in [0.3, 0.4) is 0 Å². The number of ether oxygens (including phenoxy) is 1. The lowest BCUT2D eigenvalue weighted by Gasteiger charge is -2.18. The summed E-state index contributed by atoms with van der Waals surface area (Å²) in [5.74, 6) is 0.719. The zero-order valence-corrected chi connectivity index (χ0v) is 9.40. The van der Waals surface area contributed by atoms with Gasteiger partial charge in [0.05, 0.1) is 6.10 Å². The van der Waals surface area contributed by atoms with Gasteiger partial charge >= 0.3 is 6.01 Å². The highest BCUT2D eigenvalue weighted by atomic mass is 35.5. The predicted molar refractivity (Wildman–Crippen MR) is 56.1 cm³/mol. The van der Waals surface area contributed by atoms with E-state index in [4.69, 9.17) is 20.8 Å². The summed E-state index contributed by atoms with van der Waals surface area (Å²) in [5.41, 5.74) is 0.